The quantitative estimate of drug-likeness (QED) is 0.400. The highest BCUT2D eigenvalue weighted by Crippen LogP contribution is 2.55. The summed E-state index contributed by atoms with van der Waals surface area (Å²) in [5.74, 6) is 0.425. The predicted molar refractivity (Wildman–Crippen MR) is 154 cm³/mol. The number of amides is 2. The fourth-order valence-corrected chi connectivity index (χ4v) is 8.13. The Kier molecular flexibility index (Phi) is 6.86. The van der Waals surface area contributed by atoms with E-state index in [0.29, 0.717) is 11.5 Å². The molecule has 7 heteroatoms. The number of benzene rings is 2. The third-order valence-corrected chi connectivity index (χ3v) is 9.39. The molecule has 0 spiro atoms. The maximum absolute atomic E-state index is 13.8. The van der Waals surface area contributed by atoms with Crippen molar-refractivity contribution < 1.29 is 19.1 Å². The van der Waals surface area contributed by atoms with E-state index >= 15 is 0 Å². The van der Waals surface area contributed by atoms with Crippen LogP contribution in [0, 0.1) is 10.8 Å². The first-order valence-electron chi connectivity index (χ1n) is 15.0. The highest BCUT2D eigenvalue weighted by Gasteiger charge is 2.64. The van der Waals surface area contributed by atoms with E-state index in [9.17, 15) is 14.4 Å². The minimum atomic E-state index is -0.482. The third kappa shape index (κ3) is 4.29. The van der Waals surface area contributed by atoms with Crippen molar-refractivity contribution in [2.45, 2.75) is 78.0 Å². The number of hydrogen-bond donors (Lipinski definition) is 0. The van der Waals surface area contributed by atoms with Crippen molar-refractivity contribution in [1.29, 1.82) is 0 Å². The molecule has 5 fully saturated rings. The van der Waals surface area contributed by atoms with Gasteiger partial charge in [-0.25, -0.2) is 0 Å². The maximum atomic E-state index is 13.8. The van der Waals surface area contributed by atoms with Crippen molar-refractivity contribution in [3.05, 3.63) is 59.7 Å². The number of hydrogen-bond acceptors (Lipinski definition) is 6. The highest BCUT2D eigenvalue weighted by atomic mass is 16.5. The van der Waals surface area contributed by atoms with Gasteiger partial charge in [0.25, 0.3) is 0 Å². The summed E-state index contributed by atoms with van der Waals surface area (Å²) in [6, 6.07) is 15.5. The average molecular weight is 544 g/mol. The number of ketones is 1. The highest BCUT2D eigenvalue weighted by molar-refractivity contribution is 6.22. The van der Waals surface area contributed by atoms with Crippen molar-refractivity contribution in [2.24, 2.45) is 10.8 Å². The molecule has 5 heterocycles. The van der Waals surface area contributed by atoms with Crippen LogP contribution in [0.25, 0.3) is 0 Å². The molecule has 40 heavy (non-hydrogen) atoms. The number of ether oxygens (including phenoxy) is 1. The molecule has 1 atom stereocenters. The Morgan fingerprint density at radius 3 is 1.82 bits per heavy atom. The molecule has 0 aromatic heterocycles. The topological polar surface area (TPSA) is 70.2 Å². The van der Waals surface area contributed by atoms with Crippen LogP contribution in [0.4, 0.5) is 5.69 Å². The number of carbonyl (C=O) groups excluding carboxylic acids is 3. The molecule has 7 rings (SSSR count). The number of nitrogens with zero attached hydrogens (tertiary/aromatic N) is 3. The summed E-state index contributed by atoms with van der Waals surface area (Å²) >= 11 is 0. The minimum Gasteiger partial charge on any atom is -0.491 e. The number of rotatable bonds is 9. The van der Waals surface area contributed by atoms with Gasteiger partial charge in [0.1, 0.15) is 11.5 Å². The Balaban J connectivity index is 1.21. The molecule has 2 amide bonds. The molecule has 5 aliphatic rings. The average Bonchev–Trinajstić information content (AvgIpc) is 3.21. The van der Waals surface area contributed by atoms with Gasteiger partial charge in [-0.05, 0) is 62.1 Å². The van der Waals surface area contributed by atoms with Crippen LogP contribution in [-0.4, -0.2) is 59.7 Å². The van der Waals surface area contributed by atoms with Crippen LogP contribution in [0.5, 0.6) is 5.75 Å². The molecule has 0 radical (unpaired) electrons. The summed E-state index contributed by atoms with van der Waals surface area (Å²) < 4.78 is 5.72. The van der Waals surface area contributed by atoms with E-state index in [1.54, 1.807) is 0 Å². The molecule has 5 saturated heterocycles. The number of imide groups is 1. The second-order valence-corrected chi connectivity index (χ2v) is 12.7. The van der Waals surface area contributed by atoms with Crippen LogP contribution in [0.3, 0.4) is 0 Å². The van der Waals surface area contributed by atoms with Crippen LogP contribution in [0.2, 0.25) is 0 Å². The van der Waals surface area contributed by atoms with Gasteiger partial charge in [0.05, 0.1) is 34.7 Å². The van der Waals surface area contributed by atoms with Gasteiger partial charge in [-0.3, -0.25) is 29.1 Å². The van der Waals surface area contributed by atoms with E-state index in [0.717, 1.165) is 68.7 Å². The fourth-order valence-electron chi connectivity index (χ4n) is 8.13. The molecule has 0 saturated carbocycles. The predicted octanol–water partition coefficient (Wildman–Crippen LogP) is 5.31. The zero-order chi connectivity index (χ0) is 28.2. The van der Waals surface area contributed by atoms with Gasteiger partial charge in [0, 0.05) is 32.6 Å². The first-order chi connectivity index (χ1) is 19.2. The van der Waals surface area contributed by atoms with Gasteiger partial charge in [-0.1, -0.05) is 51.0 Å². The Bertz CT molecular complexity index is 1260. The lowest BCUT2D eigenvalue weighted by Crippen LogP contribution is -2.76. The molecule has 5 aliphatic heterocycles. The van der Waals surface area contributed by atoms with Crippen LogP contribution >= 0.6 is 0 Å². The van der Waals surface area contributed by atoms with Gasteiger partial charge >= 0.3 is 0 Å². The summed E-state index contributed by atoms with van der Waals surface area (Å²) in [6.07, 6.45) is 4.30. The summed E-state index contributed by atoms with van der Waals surface area (Å²) in [5, 5.41) is 0. The zero-order valence-electron chi connectivity index (χ0n) is 24.2. The molecule has 0 N–H and O–H groups in total. The van der Waals surface area contributed by atoms with Gasteiger partial charge < -0.3 is 4.74 Å². The van der Waals surface area contributed by atoms with E-state index in [4.69, 9.17) is 4.74 Å². The summed E-state index contributed by atoms with van der Waals surface area (Å²) in [6.45, 7) is 11.6. The Morgan fingerprint density at radius 1 is 0.800 bits per heavy atom. The molecular weight excluding hydrogens is 502 g/mol. The molecule has 212 valence electrons. The summed E-state index contributed by atoms with van der Waals surface area (Å²) in [4.78, 5) is 46.6. The van der Waals surface area contributed by atoms with Crippen LogP contribution in [0.15, 0.2) is 48.5 Å². The fraction of sp³-hybridized carbons (Fsp3) is 0.545. The van der Waals surface area contributed by atoms with Crippen LogP contribution < -0.4 is 9.64 Å². The van der Waals surface area contributed by atoms with Crippen LogP contribution in [0.1, 0.15) is 83.0 Å². The van der Waals surface area contributed by atoms with E-state index < -0.39 is 5.92 Å². The van der Waals surface area contributed by atoms with Gasteiger partial charge in [0.2, 0.25) is 11.8 Å². The molecular formula is C33H41N3O4. The van der Waals surface area contributed by atoms with Crippen molar-refractivity contribution in [3.8, 4) is 5.75 Å². The number of Topliss-reactive ketones (excluding diaryl/α,β-unsaturated/α-hetero) is 1. The second kappa shape index (κ2) is 10.1. The second-order valence-electron chi connectivity index (χ2n) is 12.7. The minimum absolute atomic E-state index is 0.0730. The Labute approximate surface area is 237 Å². The zero-order valence-corrected chi connectivity index (χ0v) is 24.2. The molecule has 4 bridgehead atoms. The first kappa shape index (κ1) is 27.2. The normalized spacial score (nSPS) is 32.9. The molecule has 1 unspecified atom stereocenters. The molecule has 0 aliphatic carbocycles. The molecule has 7 nitrogen and oxygen atoms in total. The van der Waals surface area contributed by atoms with Gasteiger partial charge in [0.15, 0.2) is 0 Å². The smallest absolute Gasteiger partial charge is 0.241 e. The monoisotopic (exact) mass is 543 g/mol. The maximum Gasteiger partial charge on any atom is 0.241 e. The molecule has 2 aromatic carbocycles. The lowest BCUT2D eigenvalue weighted by Gasteiger charge is -2.66. The van der Waals surface area contributed by atoms with E-state index in [1.807, 2.05) is 50.2 Å². The number of anilines is 1. The van der Waals surface area contributed by atoms with Crippen molar-refractivity contribution in [2.75, 3.05) is 31.1 Å². The lowest BCUT2D eigenvalue weighted by molar-refractivity contribution is -0.205. The number of carbonyl (C=O) groups is 3. The van der Waals surface area contributed by atoms with Gasteiger partial charge in [-0.15, -0.1) is 0 Å². The van der Waals surface area contributed by atoms with Crippen molar-refractivity contribution >= 4 is 23.3 Å². The van der Waals surface area contributed by atoms with Crippen molar-refractivity contribution in [3.63, 3.8) is 0 Å². The summed E-state index contributed by atoms with van der Waals surface area (Å²) in [7, 11) is 0. The van der Waals surface area contributed by atoms with Crippen molar-refractivity contribution in [1.82, 2.24) is 9.80 Å². The third-order valence-electron chi connectivity index (χ3n) is 9.39. The van der Waals surface area contributed by atoms with E-state index in [1.165, 1.54) is 4.90 Å². The number of piperidine rings is 2. The van der Waals surface area contributed by atoms with Crippen LogP contribution in [-0.2, 0) is 14.4 Å². The van der Waals surface area contributed by atoms with E-state index in [2.05, 4.69) is 35.8 Å². The Morgan fingerprint density at radius 2 is 1.32 bits per heavy atom. The Hall–Kier alpha value is -3.03. The largest absolute Gasteiger partial charge is 0.491 e. The SMILES string of the molecule is CCCC12CN3CC(CCC)(CN(C1)C3c1ccc(N3C(=O)CC(c4ccc(OC(C)C)cc4)C3=O)cc1)C2=O. The molecule has 2 aromatic rings. The standard InChI is InChI=1S/C33H41N3O4/c1-5-15-32-18-34-20-33(16-6-2,31(32)39)21-35(19-32)29(34)24-7-11-25(12-8-24)36-28(37)17-27(30(36)38)23-9-13-26(14-10-23)40-22(3)4/h7-14,22,27,29H,5-6,15-21H2,1-4H3. The summed E-state index contributed by atoms with van der Waals surface area (Å²) in [5.41, 5.74) is 2.11. The van der Waals surface area contributed by atoms with Gasteiger partial charge in [-0.2, -0.15) is 0 Å². The van der Waals surface area contributed by atoms with E-state index in [-0.39, 0.29) is 41.3 Å². The first-order valence-corrected chi connectivity index (χ1v) is 15.0. The lowest BCUT2D eigenvalue weighted by atomic mass is 9.57.